The van der Waals surface area contributed by atoms with Crippen LogP contribution in [0.15, 0.2) is 4.99 Å². The molecule has 0 aromatic heterocycles. The van der Waals surface area contributed by atoms with Gasteiger partial charge in [-0.15, -0.1) is 0 Å². The minimum absolute atomic E-state index is 0.0771. The van der Waals surface area contributed by atoms with Crippen LogP contribution in [-0.4, -0.2) is 45.5 Å². The van der Waals surface area contributed by atoms with E-state index in [4.69, 9.17) is 15.3 Å². The molecule has 0 saturated carbocycles. The molecule has 0 aliphatic carbocycles. The van der Waals surface area contributed by atoms with Crippen LogP contribution in [0, 0.1) is 5.92 Å². The minimum atomic E-state index is 0.0771. The highest BCUT2D eigenvalue weighted by Gasteiger charge is 2.13. The summed E-state index contributed by atoms with van der Waals surface area (Å²) in [4.78, 5) is 4.49. The van der Waals surface area contributed by atoms with Gasteiger partial charge in [0.2, 0.25) is 5.96 Å². The number of nitrogens with zero attached hydrogens (tertiary/aromatic N) is 1. The van der Waals surface area contributed by atoms with Crippen LogP contribution in [0.3, 0.4) is 0 Å². The maximum Gasteiger partial charge on any atom is 0.206 e. The third-order valence-corrected chi connectivity index (χ3v) is 2.34. The SMILES string of the molecule is COCC(C)NC(=NC(COC)C(C)C)NN. The molecule has 2 atom stereocenters. The van der Waals surface area contributed by atoms with Crippen LogP contribution in [0.1, 0.15) is 20.8 Å². The van der Waals surface area contributed by atoms with Gasteiger partial charge in [0.05, 0.1) is 19.3 Å². The van der Waals surface area contributed by atoms with Crippen LogP contribution in [0.25, 0.3) is 0 Å². The lowest BCUT2D eigenvalue weighted by Gasteiger charge is -2.20. The zero-order valence-electron chi connectivity index (χ0n) is 11.5. The highest BCUT2D eigenvalue weighted by atomic mass is 16.5. The van der Waals surface area contributed by atoms with Gasteiger partial charge in [0.25, 0.3) is 0 Å². The quantitative estimate of drug-likeness (QED) is 0.257. The number of aliphatic imine (C=N–C) groups is 1. The van der Waals surface area contributed by atoms with Gasteiger partial charge in [-0.1, -0.05) is 13.8 Å². The second-order valence-corrected chi connectivity index (χ2v) is 4.39. The molecule has 0 aliphatic heterocycles. The molecule has 0 radical (unpaired) electrons. The fourth-order valence-corrected chi connectivity index (χ4v) is 1.36. The topological polar surface area (TPSA) is 80.9 Å². The van der Waals surface area contributed by atoms with Crippen LogP contribution in [0.2, 0.25) is 0 Å². The van der Waals surface area contributed by atoms with Crippen molar-refractivity contribution in [2.24, 2.45) is 16.8 Å². The average Bonchev–Trinajstić information content (AvgIpc) is 2.27. The first-order valence-corrected chi connectivity index (χ1v) is 5.83. The van der Waals surface area contributed by atoms with Crippen LogP contribution in [0.4, 0.5) is 0 Å². The lowest BCUT2D eigenvalue weighted by atomic mass is 10.1. The van der Waals surface area contributed by atoms with Gasteiger partial charge in [-0.05, 0) is 12.8 Å². The standard InChI is InChI=1S/C11H26N4O2/c1-8(2)10(7-17-5)14-11(15-12)13-9(3)6-16-4/h8-10H,6-7,12H2,1-5H3,(H2,13,14,15). The number of rotatable bonds is 7. The van der Waals surface area contributed by atoms with Gasteiger partial charge < -0.3 is 14.8 Å². The molecule has 0 heterocycles. The number of guanidine groups is 1. The van der Waals surface area contributed by atoms with Gasteiger partial charge in [0.15, 0.2) is 0 Å². The normalized spacial score (nSPS) is 15.8. The molecule has 17 heavy (non-hydrogen) atoms. The summed E-state index contributed by atoms with van der Waals surface area (Å²) in [7, 11) is 3.33. The number of ether oxygens (including phenoxy) is 2. The summed E-state index contributed by atoms with van der Waals surface area (Å²) in [5.41, 5.74) is 2.56. The molecule has 0 aromatic carbocycles. The van der Waals surface area contributed by atoms with Crippen molar-refractivity contribution in [3.8, 4) is 0 Å². The number of nitrogens with one attached hydrogen (secondary N) is 2. The Bertz CT molecular complexity index is 222. The predicted molar refractivity (Wildman–Crippen MR) is 69.7 cm³/mol. The summed E-state index contributed by atoms with van der Waals surface area (Å²) in [5, 5.41) is 3.14. The lowest BCUT2D eigenvalue weighted by Crippen LogP contribution is -2.48. The Hall–Kier alpha value is -0.850. The maximum atomic E-state index is 5.44. The van der Waals surface area contributed by atoms with E-state index in [9.17, 15) is 0 Å². The highest BCUT2D eigenvalue weighted by molar-refractivity contribution is 5.79. The summed E-state index contributed by atoms with van der Waals surface area (Å²) in [6.45, 7) is 7.36. The zero-order chi connectivity index (χ0) is 13.3. The Morgan fingerprint density at radius 1 is 1.18 bits per heavy atom. The van der Waals surface area contributed by atoms with Crippen molar-refractivity contribution in [3.05, 3.63) is 0 Å². The Labute approximate surface area is 104 Å². The summed E-state index contributed by atoms with van der Waals surface area (Å²) < 4.78 is 10.2. The van der Waals surface area contributed by atoms with E-state index < -0.39 is 0 Å². The Morgan fingerprint density at radius 3 is 2.18 bits per heavy atom. The molecule has 0 bridgehead atoms. The van der Waals surface area contributed by atoms with Crippen molar-refractivity contribution in [1.29, 1.82) is 0 Å². The van der Waals surface area contributed by atoms with Gasteiger partial charge >= 0.3 is 0 Å². The van der Waals surface area contributed by atoms with Crippen LogP contribution in [-0.2, 0) is 9.47 Å². The molecule has 0 aromatic rings. The third kappa shape index (κ3) is 7.14. The average molecular weight is 246 g/mol. The summed E-state index contributed by atoms with van der Waals surface area (Å²) in [6.07, 6.45) is 0. The number of methoxy groups -OCH3 is 2. The summed E-state index contributed by atoms with van der Waals surface area (Å²) in [6, 6.07) is 0.221. The molecule has 0 rings (SSSR count). The summed E-state index contributed by atoms with van der Waals surface area (Å²) in [5.74, 6) is 6.38. The van der Waals surface area contributed by atoms with Gasteiger partial charge in [-0.3, -0.25) is 5.43 Å². The smallest absolute Gasteiger partial charge is 0.206 e. The predicted octanol–water partition coefficient (Wildman–Crippen LogP) is 0.101. The molecule has 0 spiro atoms. The fraction of sp³-hybridized carbons (Fsp3) is 0.909. The van der Waals surface area contributed by atoms with Crippen molar-refractivity contribution in [2.75, 3.05) is 27.4 Å². The van der Waals surface area contributed by atoms with Crippen LogP contribution < -0.4 is 16.6 Å². The molecule has 0 saturated heterocycles. The van der Waals surface area contributed by atoms with Gasteiger partial charge in [-0.25, -0.2) is 10.8 Å². The van der Waals surface area contributed by atoms with Gasteiger partial charge in [0, 0.05) is 20.3 Å². The third-order valence-electron chi connectivity index (χ3n) is 2.34. The van der Waals surface area contributed by atoms with Gasteiger partial charge in [-0.2, -0.15) is 0 Å². The first-order chi connectivity index (χ1) is 8.04. The van der Waals surface area contributed by atoms with Crippen LogP contribution >= 0.6 is 0 Å². The fourth-order valence-electron chi connectivity index (χ4n) is 1.36. The van der Waals surface area contributed by atoms with E-state index in [0.29, 0.717) is 25.1 Å². The largest absolute Gasteiger partial charge is 0.383 e. The molecule has 6 nitrogen and oxygen atoms in total. The van der Waals surface area contributed by atoms with Crippen molar-refractivity contribution >= 4 is 5.96 Å². The maximum absolute atomic E-state index is 5.44. The number of hydrogen-bond donors (Lipinski definition) is 3. The molecular formula is C11H26N4O2. The molecular weight excluding hydrogens is 220 g/mol. The number of hydrogen-bond acceptors (Lipinski definition) is 4. The molecule has 102 valence electrons. The lowest BCUT2D eigenvalue weighted by molar-refractivity contribution is 0.164. The van der Waals surface area contributed by atoms with Crippen LogP contribution in [0.5, 0.6) is 0 Å². The molecule has 4 N–H and O–H groups in total. The Balaban J connectivity index is 4.47. The monoisotopic (exact) mass is 246 g/mol. The van der Waals surface area contributed by atoms with Gasteiger partial charge in [0.1, 0.15) is 0 Å². The van der Waals surface area contributed by atoms with Crippen molar-refractivity contribution in [1.82, 2.24) is 10.7 Å². The van der Waals surface area contributed by atoms with E-state index in [1.807, 2.05) is 6.92 Å². The van der Waals surface area contributed by atoms with Crippen molar-refractivity contribution in [2.45, 2.75) is 32.9 Å². The molecule has 6 heteroatoms. The van der Waals surface area contributed by atoms with E-state index >= 15 is 0 Å². The van der Waals surface area contributed by atoms with E-state index in [2.05, 4.69) is 29.6 Å². The Morgan fingerprint density at radius 2 is 1.76 bits per heavy atom. The zero-order valence-corrected chi connectivity index (χ0v) is 11.5. The number of hydrazine groups is 1. The van der Waals surface area contributed by atoms with E-state index in [1.165, 1.54) is 0 Å². The second-order valence-electron chi connectivity index (χ2n) is 4.39. The summed E-state index contributed by atoms with van der Waals surface area (Å²) >= 11 is 0. The first-order valence-electron chi connectivity index (χ1n) is 5.83. The number of nitrogens with two attached hydrogens (primary N) is 1. The van der Waals surface area contributed by atoms with E-state index in [0.717, 1.165) is 0 Å². The second kappa shape index (κ2) is 9.21. The molecule has 0 aliphatic rings. The Kier molecular flexibility index (Phi) is 8.75. The molecule has 2 unspecified atom stereocenters. The molecule has 0 fully saturated rings. The van der Waals surface area contributed by atoms with E-state index in [-0.39, 0.29) is 12.1 Å². The van der Waals surface area contributed by atoms with E-state index in [1.54, 1.807) is 14.2 Å². The van der Waals surface area contributed by atoms with Crippen molar-refractivity contribution < 1.29 is 9.47 Å². The first kappa shape index (κ1) is 16.1. The highest BCUT2D eigenvalue weighted by Crippen LogP contribution is 2.06. The van der Waals surface area contributed by atoms with Crippen molar-refractivity contribution in [3.63, 3.8) is 0 Å². The minimum Gasteiger partial charge on any atom is -0.383 e. The molecule has 0 amide bonds.